The Labute approximate surface area is 107 Å². The summed E-state index contributed by atoms with van der Waals surface area (Å²) in [4.78, 5) is 13.0. The lowest BCUT2D eigenvalue weighted by atomic mass is 10.1. The van der Waals surface area contributed by atoms with E-state index in [1.807, 2.05) is 30.3 Å². The second-order valence-electron chi connectivity index (χ2n) is 4.29. The summed E-state index contributed by atoms with van der Waals surface area (Å²) in [5.41, 5.74) is 7.00. The molecule has 0 aliphatic carbocycles. The predicted molar refractivity (Wildman–Crippen MR) is 68.1 cm³/mol. The van der Waals surface area contributed by atoms with Gasteiger partial charge in [0.05, 0.1) is 5.92 Å². The molecule has 0 radical (unpaired) electrons. The third-order valence-electron chi connectivity index (χ3n) is 3.01. The number of carboxylic acid groups (broad SMARTS) is 1. The van der Waals surface area contributed by atoms with Gasteiger partial charge >= 0.3 is 5.97 Å². The first kappa shape index (κ1) is 14.0. The molecule has 0 bridgehead atoms. The van der Waals surface area contributed by atoms with Crippen LogP contribution >= 0.6 is 12.4 Å². The largest absolute Gasteiger partial charge is 0.481 e. The molecule has 5 heteroatoms. The average molecular weight is 257 g/mol. The standard InChI is InChI=1S/C12H16N2O2.ClH/c13-11-8-14(7-10(11)12(15)16)6-9-4-2-1-3-5-9;/h1-5,10-11H,6-8,13H2,(H,15,16);1H/t10-,11+;/m1./s1. The first-order valence-corrected chi connectivity index (χ1v) is 5.41. The quantitative estimate of drug-likeness (QED) is 0.845. The number of hydrogen-bond acceptors (Lipinski definition) is 3. The van der Waals surface area contributed by atoms with Crippen molar-refractivity contribution in [3.8, 4) is 0 Å². The van der Waals surface area contributed by atoms with Crippen LogP contribution in [0.3, 0.4) is 0 Å². The third kappa shape index (κ3) is 3.43. The molecule has 0 unspecified atom stereocenters. The number of carbonyl (C=O) groups is 1. The van der Waals surface area contributed by atoms with Gasteiger partial charge in [0.25, 0.3) is 0 Å². The Morgan fingerprint density at radius 3 is 2.53 bits per heavy atom. The molecule has 0 amide bonds. The van der Waals surface area contributed by atoms with Crippen LogP contribution < -0.4 is 5.73 Å². The Hall–Kier alpha value is -1.10. The molecule has 1 aromatic carbocycles. The van der Waals surface area contributed by atoms with Crippen molar-refractivity contribution in [2.75, 3.05) is 13.1 Å². The molecular formula is C12H17ClN2O2. The Kier molecular flexibility index (Phi) is 4.93. The van der Waals surface area contributed by atoms with E-state index in [4.69, 9.17) is 10.8 Å². The lowest BCUT2D eigenvalue weighted by molar-refractivity contribution is -0.141. The highest BCUT2D eigenvalue weighted by Crippen LogP contribution is 2.18. The van der Waals surface area contributed by atoms with Gasteiger partial charge in [-0.2, -0.15) is 0 Å². The molecule has 1 aliphatic heterocycles. The number of nitrogens with two attached hydrogens (primary N) is 1. The first-order chi connectivity index (χ1) is 7.66. The van der Waals surface area contributed by atoms with Gasteiger partial charge in [0, 0.05) is 25.7 Å². The van der Waals surface area contributed by atoms with E-state index < -0.39 is 11.9 Å². The summed E-state index contributed by atoms with van der Waals surface area (Å²) in [6.45, 7) is 1.98. The van der Waals surface area contributed by atoms with E-state index in [9.17, 15) is 4.79 Å². The second kappa shape index (κ2) is 6.00. The number of aliphatic carboxylic acids is 1. The molecule has 1 aromatic rings. The third-order valence-corrected chi connectivity index (χ3v) is 3.01. The van der Waals surface area contributed by atoms with Gasteiger partial charge < -0.3 is 10.8 Å². The number of carboxylic acids is 1. The maximum atomic E-state index is 10.9. The van der Waals surface area contributed by atoms with E-state index in [1.54, 1.807) is 0 Å². The van der Waals surface area contributed by atoms with Crippen LogP contribution in [-0.2, 0) is 11.3 Å². The number of nitrogens with zero attached hydrogens (tertiary/aromatic N) is 1. The van der Waals surface area contributed by atoms with E-state index in [1.165, 1.54) is 5.56 Å². The van der Waals surface area contributed by atoms with Crippen molar-refractivity contribution in [1.29, 1.82) is 0 Å². The van der Waals surface area contributed by atoms with Crippen molar-refractivity contribution >= 4 is 18.4 Å². The molecule has 1 fully saturated rings. The van der Waals surface area contributed by atoms with Crippen molar-refractivity contribution < 1.29 is 9.90 Å². The molecule has 2 rings (SSSR count). The number of benzene rings is 1. The molecule has 1 aliphatic rings. The highest BCUT2D eigenvalue weighted by molar-refractivity contribution is 5.85. The minimum absolute atomic E-state index is 0. The van der Waals surface area contributed by atoms with Gasteiger partial charge in [-0.1, -0.05) is 30.3 Å². The Balaban J connectivity index is 0.00000144. The maximum Gasteiger partial charge on any atom is 0.309 e. The van der Waals surface area contributed by atoms with Crippen LogP contribution in [0, 0.1) is 5.92 Å². The Bertz CT molecular complexity index is 372. The molecule has 0 spiro atoms. The van der Waals surface area contributed by atoms with Gasteiger partial charge in [-0.25, -0.2) is 0 Å². The highest BCUT2D eigenvalue weighted by Gasteiger charge is 2.34. The number of halogens is 1. The molecular weight excluding hydrogens is 240 g/mol. The van der Waals surface area contributed by atoms with E-state index in [0.717, 1.165) is 6.54 Å². The van der Waals surface area contributed by atoms with Crippen LogP contribution in [0.15, 0.2) is 30.3 Å². The van der Waals surface area contributed by atoms with E-state index in [2.05, 4.69) is 4.90 Å². The smallest absolute Gasteiger partial charge is 0.309 e. The monoisotopic (exact) mass is 256 g/mol. The molecule has 0 aromatic heterocycles. The maximum absolute atomic E-state index is 10.9. The van der Waals surface area contributed by atoms with Crippen molar-refractivity contribution in [2.24, 2.45) is 11.7 Å². The van der Waals surface area contributed by atoms with Crippen LogP contribution in [0.5, 0.6) is 0 Å². The van der Waals surface area contributed by atoms with Gasteiger partial charge in [0.2, 0.25) is 0 Å². The number of likely N-dealkylation sites (tertiary alicyclic amines) is 1. The normalized spacial score (nSPS) is 24.3. The SMILES string of the molecule is Cl.N[C@H]1CN(Cc2ccccc2)C[C@H]1C(=O)O. The van der Waals surface area contributed by atoms with Crippen LogP contribution in [-0.4, -0.2) is 35.1 Å². The number of hydrogen-bond donors (Lipinski definition) is 2. The molecule has 94 valence electrons. The Morgan fingerprint density at radius 1 is 1.35 bits per heavy atom. The second-order valence-corrected chi connectivity index (χ2v) is 4.29. The van der Waals surface area contributed by atoms with Gasteiger partial charge in [-0.3, -0.25) is 9.69 Å². The fourth-order valence-electron chi connectivity index (χ4n) is 2.15. The van der Waals surface area contributed by atoms with E-state index in [0.29, 0.717) is 13.1 Å². The molecule has 17 heavy (non-hydrogen) atoms. The summed E-state index contributed by atoms with van der Waals surface area (Å²) >= 11 is 0. The minimum Gasteiger partial charge on any atom is -0.481 e. The van der Waals surface area contributed by atoms with Gasteiger partial charge in [0.15, 0.2) is 0 Å². The molecule has 0 saturated carbocycles. The van der Waals surface area contributed by atoms with Crippen LogP contribution in [0.4, 0.5) is 0 Å². The molecule has 1 saturated heterocycles. The fraction of sp³-hybridized carbons (Fsp3) is 0.417. The predicted octanol–water partition coefficient (Wildman–Crippen LogP) is 0.952. The van der Waals surface area contributed by atoms with Gasteiger partial charge in [-0.05, 0) is 5.56 Å². The minimum atomic E-state index is -0.789. The van der Waals surface area contributed by atoms with Crippen molar-refractivity contribution in [2.45, 2.75) is 12.6 Å². The molecule has 2 atom stereocenters. The van der Waals surface area contributed by atoms with Gasteiger partial charge in [-0.15, -0.1) is 12.4 Å². The summed E-state index contributed by atoms with van der Waals surface area (Å²) in [5.74, 6) is -1.22. The lowest BCUT2D eigenvalue weighted by Gasteiger charge is -2.14. The zero-order valence-electron chi connectivity index (χ0n) is 9.45. The lowest BCUT2D eigenvalue weighted by Crippen LogP contribution is -2.33. The summed E-state index contributed by atoms with van der Waals surface area (Å²) in [6, 6.07) is 9.78. The van der Waals surface area contributed by atoms with Gasteiger partial charge in [0.1, 0.15) is 0 Å². The Morgan fingerprint density at radius 2 is 2.00 bits per heavy atom. The summed E-state index contributed by atoms with van der Waals surface area (Å²) in [5, 5.41) is 8.96. The van der Waals surface area contributed by atoms with Crippen LogP contribution in [0.25, 0.3) is 0 Å². The first-order valence-electron chi connectivity index (χ1n) is 5.41. The zero-order chi connectivity index (χ0) is 11.5. The average Bonchev–Trinajstić information content (AvgIpc) is 2.61. The van der Waals surface area contributed by atoms with Crippen molar-refractivity contribution in [1.82, 2.24) is 4.90 Å². The number of rotatable bonds is 3. The van der Waals surface area contributed by atoms with Crippen LogP contribution in [0.2, 0.25) is 0 Å². The molecule has 1 heterocycles. The highest BCUT2D eigenvalue weighted by atomic mass is 35.5. The van der Waals surface area contributed by atoms with Crippen molar-refractivity contribution in [3.05, 3.63) is 35.9 Å². The van der Waals surface area contributed by atoms with Crippen LogP contribution in [0.1, 0.15) is 5.56 Å². The van der Waals surface area contributed by atoms with E-state index >= 15 is 0 Å². The topological polar surface area (TPSA) is 66.6 Å². The zero-order valence-corrected chi connectivity index (χ0v) is 10.3. The fourth-order valence-corrected chi connectivity index (χ4v) is 2.15. The van der Waals surface area contributed by atoms with E-state index in [-0.39, 0.29) is 18.4 Å². The van der Waals surface area contributed by atoms with Crippen molar-refractivity contribution in [3.63, 3.8) is 0 Å². The molecule has 4 nitrogen and oxygen atoms in total. The summed E-state index contributed by atoms with van der Waals surface area (Å²) < 4.78 is 0. The summed E-state index contributed by atoms with van der Waals surface area (Å²) in [6.07, 6.45) is 0. The molecule has 3 N–H and O–H groups in total. The summed E-state index contributed by atoms with van der Waals surface area (Å²) in [7, 11) is 0.